The Morgan fingerprint density at radius 1 is 1.14 bits per heavy atom. The quantitative estimate of drug-likeness (QED) is 0.354. The largest absolute Gasteiger partial charge is 1.00 e. The van der Waals surface area contributed by atoms with E-state index in [1.54, 1.807) is 17.3 Å². The average Bonchev–Trinajstić information content (AvgIpc) is 2.86. The van der Waals surface area contributed by atoms with Crippen LogP contribution in [0.15, 0.2) is 54.1 Å². The number of nitrogens with zero attached hydrogens (tertiary/aromatic N) is 1. The van der Waals surface area contributed by atoms with Crippen molar-refractivity contribution in [2.24, 2.45) is 0 Å². The van der Waals surface area contributed by atoms with Crippen LogP contribution in [0.25, 0.3) is 11.1 Å². The Hall–Kier alpha value is -1.97. The molecule has 2 aromatic carbocycles. The van der Waals surface area contributed by atoms with Crippen LogP contribution in [-0.4, -0.2) is 48.4 Å². The van der Waals surface area contributed by atoms with Gasteiger partial charge in [-0.3, -0.25) is 4.79 Å². The van der Waals surface area contributed by atoms with E-state index >= 15 is 0 Å². The van der Waals surface area contributed by atoms with Crippen molar-refractivity contribution in [2.75, 3.05) is 25.6 Å². The van der Waals surface area contributed by atoms with E-state index in [9.17, 15) is 14.7 Å². The molecule has 0 saturated carbocycles. The molecule has 1 aliphatic carbocycles. The van der Waals surface area contributed by atoms with Crippen molar-refractivity contribution in [1.29, 1.82) is 0 Å². The first kappa shape index (κ1) is 30.3. The molecule has 2 aromatic rings. The number of hydrogen-bond acceptors (Lipinski definition) is 5. The Bertz CT molecular complexity index is 1060. The van der Waals surface area contributed by atoms with Crippen LogP contribution in [0.5, 0.6) is 0 Å². The molecule has 3 rings (SSSR count). The van der Waals surface area contributed by atoms with Crippen LogP contribution in [0.1, 0.15) is 60.0 Å². The van der Waals surface area contributed by atoms with Crippen molar-refractivity contribution in [2.45, 2.75) is 58.0 Å². The van der Waals surface area contributed by atoms with Gasteiger partial charge in [0.25, 0.3) is 5.91 Å². The van der Waals surface area contributed by atoms with Gasteiger partial charge in [-0.25, -0.2) is 0 Å². The molecule has 1 N–H and O–H groups in total. The molecular weight excluding hydrogens is 463 g/mol. The monoisotopic (exact) mass is 500 g/mol. The number of aliphatic carboxylic acids is 1. The van der Waals surface area contributed by atoms with Crippen molar-refractivity contribution in [3.63, 3.8) is 0 Å². The molecule has 7 heteroatoms. The number of amides is 1. The Labute approximate surface area is 232 Å². The minimum atomic E-state index is -1.25. The van der Waals surface area contributed by atoms with E-state index in [1.165, 1.54) is 25.7 Å². The Kier molecular flexibility index (Phi) is 12.9. The first-order valence-electron chi connectivity index (χ1n) is 12.4. The summed E-state index contributed by atoms with van der Waals surface area (Å²) in [6.07, 6.45) is 10.8. The number of rotatable bonds is 12. The number of carbonyl (C=O) groups is 2. The summed E-state index contributed by atoms with van der Waals surface area (Å²) in [7, 11) is 2.13. The molecule has 1 amide bonds. The third-order valence-electron chi connectivity index (χ3n) is 6.62. The van der Waals surface area contributed by atoms with Crippen LogP contribution < -0.4 is 29.3 Å². The zero-order valence-electron chi connectivity index (χ0n) is 22.1. The molecule has 1 atom stereocenters. The maximum absolute atomic E-state index is 13.2. The van der Waals surface area contributed by atoms with Gasteiger partial charge in [0.1, 0.15) is 0 Å². The minimum absolute atomic E-state index is 0. The van der Waals surface area contributed by atoms with Crippen LogP contribution in [0.3, 0.4) is 0 Å². The smallest absolute Gasteiger partial charge is 0.548 e. The second-order valence-electron chi connectivity index (χ2n) is 9.42. The molecule has 5 nitrogen and oxygen atoms in total. The van der Waals surface area contributed by atoms with Crippen LogP contribution >= 0.6 is 11.8 Å². The van der Waals surface area contributed by atoms with Gasteiger partial charge in [-0.1, -0.05) is 42.0 Å². The molecule has 0 heterocycles. The van der Waals surface area contributed by atoms with Crippen LogP contribution in [0.4, 0.5) is 0 Å². The van der Waals surface area contributed by atoms with E-state index in [0.717, 1.165) is 41.8 Å². The molecular formula is C29H37LiN2O3S. The third-order valence-corrected chi connectivity index (χ3v) is 7.26. The third kappa shape index (κ3) is 8.85. The molecule has 0 bridgehead atoms. The normalized spacial score (nSPS) is 14.1. The maximum atomic E-state index is 13.2. The zero-order valence-corrected chi connectivity index (χ0v) is 23.0. The van der Waals surface area contributed by atoms with E-state index in [4.69, 9.17) is 0 Å². The first-order valence-corrected chi connectivity index (χ1v) is 13.8. The summed E-state index contributed by atoms with van der Waals surface area (Å²) in [5.41, 5.74) is 6.04. The van der Waals surface area contributed by atoms with Crippen molar-refractivity contribution < 1.29 is 33.6 Å². The van der Waals surface area contributed by atoms with Crippen molar-refractivity contribution >= 4 is 23.6 Å². The molecule has 0 aliphatic heterocycles. The fraction of sp³-hybridized carbons (Fsp3) is 0.448. The number of allylic oxidation sites excluding steroid dienone is 1. The standard InChI is InChI=1S/C29H38N2O3S.Li/c1-21-9-7-8-12-24(21)26-19-23(20-31(2)17-15-22-10-5-4-6-11-22)13-14-25(26)28(32)30-27(29(33)34)16-18-35-3;/h7-10,12-14,19,27H,4-6,11,15-18,20H2,1-3H3,(H,30,32)(H,33,34);/q;+1/p-1. The van der Waals surface area contributed by atoms with Gasteiger partial charge in [0.05, 0.1) is 12.0 Å². The molecule has 0 saturated heterocycles. The van der Waals surface area contributed by atoms with E-state index in [1.807, 2.05) is 49.6 Å². The predicted molar refractivity (Wildman–Crippen MR) is 143 cm³/mol. The van der Waals surface area contributed by atoms with E-state index < -0.39 is 12.0 Å². The number of hydrogen-bond donors (Lipinski definition) is 1. The van der Waals surface area contributed by atoms with Crippen molar-refractivity contribution in [3.05, 3.63) is 70.8 Å². The van der Waals surface area contributed by atoms with Crippen molar-refractivity contribution in [3.8, 4) is 11.1 Å². The maximum Gasteiger partial charge on any atom is 1.00 e. The van der Waals surface area contributed by atoms with Gasteiger partial charge in [-0.05, 0) is 98.9 Å². The van der Waals surface area contributed by atoms with Gasteiger partial charge in [0.2, 0.25) is 0 Å². The van der Waals surface area contributed by atoms with Gasteiger partial charge in [0, 0.05) is 18.7 Å². The molecule has 0 fully saturated rings. The number of carboxylic acid groups (broad SMARTS) is 1. The van der Waals surface area contributed by atoms with Crippen LogP contribution in [0, 0.1) is 6.92 Å². The van der Waals surface area contributed by atoms with Crippen molar-refractivity contribution in [1.82, 2.24) is 10.2 Å². The number of thioether (sulfide) groups is 1. The molecule has 36 heavy (non-hydrogen) atoms. The molecule has 0 aromatic heterocycles. The zero-order chi connectivity index (χ0) is 25.2. The summed E-state index contributed by atoms with van der Waals surface area (Å²) in [4.78, 5) is 27.1. The van der Waals surface area contributed by atoms with Gasteiger partial charge >= 0.3 is 18.9 Å². The Morgan fingerprint density at radius 2 is 1.92 bits per heavy atom. The number of nitrogens with one attached hydrogen (secondary N) is 1. The summed E-state index contributed by atoms with van der Waals surface area (Å²) in [5.74, 6) is -1.01. The summed E-state index contributed by atoms with van der Waals surface area (Å²) in [6, 6.07) is 12.8. The van der Waals surface area contributed by atoms with Crippen LogP contribution in [0.2, 0.25) is 0 Å². The fourth-order valence-electron chi connectivity index (χ4n) is 4.56. The average molecular weight is 501 g/mol. The molecule has 1 unspecified atom stereocenters. The van der Waals surface area contributed by atoms with E-state index in [0.29, 0.717) is 17.7 Å². The SMILES string of the molecule is CSCCC(NC(=O)c1ccc(CN(C)CCC2=CCCCC2)cc1-c1ccccc1C)C(=O)[O-].[Li+]. The first-order chi connectivity index (χ1) is 16.9. The Morgan fingerprint density at radius 3 is 2.58 bits per heavy atom. The number of carbonyl (C=O) groups excluding carboxylic acids is 2. The summed E-state index contributed by atoms with van der Waals surface area (Å²) in [6.45, 7) is 3.80. The van der Waals surface area contributed by atoms with Gasteiger partial charge < -0.3 is 20.1 Å². The van der Waals surface area contributed by atoms with E-state index in [-0.39, 0.29) is 24.8 Å². The fourth-order valence-corrected chi connectivity index (χ4v) is 5.03. The Balaban J connectivity index is 0.00000456. The summed E-state index contributed by atoms with van der Waals surface area (Å²) in [5, 5.41) is 14.3. The van der Waals surface area contributed by atoms with Gasteiger partial charge in [-0.2, -0.15) is 11.8 Å². The molecule has 1 aliphatic rings. The topological polar surface area (TPSA) is 72.5 Å². The number of aryl methyl sites for hydroxylation is 1. The van der Waals surface area contributed by atoms with Gasteiger partial charge in [-0.15, -0.1) is 0 Å². The second kappa shape index (κ2) is 15.3. The molecule has 188 valence electrons. The summed E-state index contributed by atoms with van der Waals surface area (Å²) >= 11 is 1.54. The van der Waals surface area contributed by atoms with E-state index in [2.05, 4.69) is 29.4 Å². The summed E-state index contributed by atoms with van der Waals surface area (Å²) < 4.78 is 0. The number of benzene rings is 2. The number of carboxylic acids is 1. The second-order valence-corrected chi connectivity index (χ2v) is 10.4. The molecule has 0 radical (unpaired) electrons. The predicted octanol–water partition coefficient (Wildman–Crippen LogP) is 1.59. The van der Waals surface area contributed by atoms with Crippen LogP contribution in [-0.2, 0) is 11.3 Å². The minimum Gasteiger partial charge on any atom is -0.548 e. The van der Waals surface area contributed by atoms with Gasteiger partial charge in [0.15, 0.2) is 0 Å². The molecule has 0 spiro atoms.